The lowest BCUT2D eigenvalue weighted by atomic mass is 9.86. The van der Waals surface area contributed by atoms with E-state index in [0.717, 1.165) is 0 Å². The highest BCUT2D eigenvalue weighted by molar-refractivity contribution is 6.03. The summed E-state index contributed by atoms with van der Waals surface area (Å²) in [6, 6.07) is 7.01. The van der Waals surface area contributed by atoms with Gasteiger partial charge in [0.2, 0.25) is 0 Å². The predicted molar refractivity (Wildman–Crippen MR) is 128 cm³/mol. The normalized spacial score (nSPS) is 18.6. The standard InChI is InChI=1S/C26H33NO7/c1-14-15(2)22-20(16(3)21(14)32-24(23(29)30)34-25(4,5)6)19(28)12-26(7,33-22)13-31-18-10-8-17(27)9-11-18/h8-11,24H,12-13,27H2,1-7H3,(H,29,30). The van der Waals surface area contributed by atoms with Gasteiger partial charge in [-0.3, -0.25) is 4.79 Å². The molecule has 0 spiro atoms. The van der Waals surface area contributed by atoms with Gasteiger partial charge in [0.05, 0.1) is 17.6 Å². The Bertz CT molecular complexity index is 1100. The van der Waals surface area contributed by atoms with Crippen LogP contribution in [0.1, 0.15) is 61.2 Å². The zero-order valence-electron chi connectivity index (χ0n) is 20.8. The number of carboxylic acids is 1. The lowest BCUT2D eigenvalue weighted by molar-refractivity contribution is -0.191. The van der Waals surface area contributed by atoms with Crippen LogP contribution in [-0.4, -0.2) is 41.0 Å². The fourth-order valence-electron chi connectivity index (χ4n) is 3.88. The van der Waals surface area contributed by atoms with E-state index in [0.29, 0.717) is 45.2 Å². The van der Waals surface area contributed by atoms with Crippen molar-refractivity contribution in [3.8, 4) is 17.2 Å². The summed E-state index contributed by atoms with van der Waals surface area (Å²) < 4.78 is 23.6. The first-order valence-corrected chi connectivity index (χ1v) is 11.1. The Morgan fingerprint density at radius 3 is 2.32 bits per heavy atom. The van der Waals surface area contributed by atoms with Gasteiger partial charge < -0.3 is 29.8 Å². The Morgan fingerprint density at radius 1 is 1.15 bits per heavy atom. The van der Waals surface area contributed by atoms with E-state index in [-0.39, 0.29) is 18.8 Å². The van der Waals surface area contributed by atoms with Crippen LogP contribution >= 0.6 is 0 Å². The zero-order valence-corrected chi connectivity index (χ0v) is 20.8. The third-order valence-electron chi connectivity index (χ3n) is 5.66. The Morgan fingerprint density at radius 2 is 1.76 bits per heavy atom. The summed E-state index contributed by atoms with van der Waals surface area (Å²) >= 11 is 0. The molecule has 34 heavy (non-hydrogen) atoms. The third kappa shape index (κ3) is 5.44. The molecule has 0 bridgehead atoms. The van der Waals surface area contributed by atoms with Crippen molar-refractivity contribution in [2.45, 2.75) is 72.4 Å². The van der Waals surface area contributed by atoms with Crippen molar-refractivity contribution in [3.05, 3.63) is 46.5 Å². The molecule has 2 aromatic carbocycles. The van der Waals surface area contributed by atoms with Gasteiger partial charge in [0.1, 0.15) is 29.5 Å². The molecule has 1 heterocycles. The van der Waals surface area contributed by atoms with Gasteiger partial charge in [-0.15, -0.1) is 0 Å². The van der Waals surface area contributed by atoms with E-state index < -0.39 is 23.5 Å². The topological polar surface area (TPSA) is 117 Å². The van der Waals surface area contributed by atoms with Gasteiger partial charge in [-0.05, 0) is 83.9 Å². The van der Waals surface area contributed by atoms with Crippen LogP contribution in [-0.2, 0) is 9.53 Å². The minimum atomic E-state index is -1.52. The average molecular weight is 472 g/mol. The molecule has 3 N–H and O–H groups in total. The maximum atomic E-state index is 13.3. The SMILES string of the molecule is Cc1c(C)c2c(c(C)c1OC(OC(C)(C)C)C(=O)O)C(=O)CC(C)(COc1ccc(N)cc1)O2. The second kappa shape index (κ2) is 9.18. The highest BCUT2D eigenvalue weighted by Gasteiger charge is 2.41. The lowest BCUT2D eigenvalue weighted by Gasteiger charge is -2.37. The number of ether oxygens (including phenoxy) is 4. The second-order valence-electron chi connectivity index (χ2n) is 9.94. The molecule has 1 aliphatic rings. The van der Waals surface area contributed by atoms with Gasteiger partial charge in [-0.2, -0.15) is 0 Å². The molecule has 0 radical (unpaired) electrons. The number of nitrogens with two attached hydrogens (primary N) is 1. The number of carbonyl (C=O) groups excluding carboxylic acids is 1. The Balaban J connectivity index is 1.92. The van der Waals surface area contributed by atoms with E-state index in [1.54, 1.807) is 58.9 Å². The predicted octanol–water partition coefficient (Wildman–Crippen LogP) is 4.60. The number of fused-ring (bicyclic) bond motifs is 1. The van der Waals surface area contributed by atoms with Crippen LogP contribution in [0.4, 0.5) is 5.69 Å². The molecule has 0 saturated heterocycles. The van der Waals surface area contributed by atoms with E-state index in [1.165, 1.54) is 0 Å². The number of ketones is 1. The molecular weight excluding hydrogens is 438 g/mol. The molecule has 0 aromatic heterocycles. The van der Waals surface area contributed by atoms with Crippen LogP contribution in [0.5, 0.6) is 17.2 Å². The van der Waals surface area contributed by atoms with E-state index >= 15 is 0 Å². The van der Waals surface area contributed by atoms with E-state index in [9.17, 15) is 14.7 Å². The van der Waals surface area contributed by atoms with Gasteiger partial charge in [-0.1, -0.05) is 0 Å². The second-order valence-corrected chi connectivity index (χ2v) is 9.94. The summed E-state index contributed by atoms with van der Waals surface area (Å²) in [7, 11) is 0. The van der Waals surface area contributed by atoms with Gasteiger partial charge in [0, 0.05) is 11.3 Å². The van der Waals surface area contributed by atoms with Gasteiger partial charge in [0.25, 0.3) is 6.29 Å². The third-order valence-corrected chi connectivity index (χ3v) is 5.66. The first-order valence-electron chi connectivity index (χ1n) is 11.1. The first kappa shape index (κ1) is 25.4. The molecule has 184 valence electrons. The molecule has 8 heteroatoms. The monoisotopic (exact) mass is 471 g/mol. The Labute approximate surface area is 200 Å². The summed E-state index contributed by atoms with van der Waals surface area (Å²) in [6.07, 6.45) is -1.42. The molecule has 8 nitrogen and oxygen atoms in total. The molecule has 0 amide bonds. The molecular formula is C26H33NO7. The number of carbonyl (C=O) groups is 2. The highest BCUT2D eigenvalue weighted by Crippen LogP contribution is 2.44. The Kier molecular flexibility index (Phi) is 6.85. The number of carboxylic acid groups (broad SMARTS) is 1. The molecule has 0 aliphatic carbocycles. The first-order chi connectivity index (χ1) is 15.7. The largest absolute Gasteiger partial charge is 0.489 e. The smallest absolute Gasteiger partial charge is 0.373 e. The number of benzene rings is 2. The van der Waals surface area contributed by atoms with Crippen LogP contribution in [0.2, 0.25) is 0 Å². The minimum absolute atomic E-state index is 0.0958. The van der Waals surface area contributed by atoms with Crippen molar-refractivity contribution in [2.24, 2.45) is 0 Å². The molecule has 0 fully saturated rings. The minimum Gasteiger partial charge on any atom is -0.489 e. The van der Waals surface area contributed by atoms with Crippen molar-refractivity contribution in [1.29, 1.82) is 0 Å². The molecule has 2 atom stereocenters. The number of hydrogen-bond acceptors (Lipinski definition) is 7. The van der Waals surface area contributed by atoms with Gasteiger partial charge >= 0.3 is 5.97 Å². The van der Waals surface area contributed by atoms with Crippen LogP contribution < -0.4 is 19.9 Å². The van der Waals surface area contributed by atoms with Crippen LogP contribution in [0.3, 0.4) is 0 Å². The van der Waals surface area contributed by atoms with Gasteiger partial charge in [-0.25, -0.2) is 4.79 Å². The summed E-state index contributed by atoms with van der Waals surface area (Å²) in [5.41, 5.74) is 7.03. The summed E-state index contributed by atoms with van der Waals surface area (Å²) in [6.45, 7) is 12.6. The van der Waals surface area contributed by atoms with Crippen molar-refractivity contribution in [3.63, 3.8) is 0 Å². The number of anilines is 1. The molecule has 1 aliphatic heterocycles. The molecule has 2 unspecified atom stereocenters. The van der Waals surface area contributed by atoms with Crippen LogP contribution in [0, 0.1) is 20.8 Å². The van der Waals surface area contributed by atoms with Crippen molar-refractivity contribution in [2.75, 3.05) is 12.3 Å². The molecule has 0 saturated carbocycles. The van der Waals surface area contributed by atoms with Crippen molar-refractivity contribution in [1.82, 2.24) is 0 Å². The summed E-state index contributed by atoms with van der Waals surface area (Å²) in [4.78, 5) is 25.1. The van der Waals surface area contributed by atoms with Crippen molar-refractivity contribution >= 4 is 17.4 Å². The van der Waals surface area contributed by atoms with E-state index in [1.807, 2.05) is 13.8 Å². The number of Topliss-reactive ketones (excluding diaryl/α,β-unsaturated/α-hetero) is 1. The zero-order chi connectivity index (χ0) is 25.4. The van der Waals surface area contributed by atoms with Crippen LogP contribution in [0.25, 0.3) is 0 Å². The molecule has 3 rings (SSSR count). The summed E-state index contributed by atoms with van der Waals surface area (Å²) in [5, 5.41) is 9.61. The van der Waals surface area contributed by atoms with E-state index in [4.69, 9.17) is 24.7 Å². The Hall–Kier alpha value is -3.26. The molecule has 2 aromatic rings. The fraction of sp³-hybridized carbons (Fsp3) is 0.462. The highest BCUT2D eigenvalue weighted by atomic mass is 16.7. The number of nitrogen functional groups attached to an aromatic ring is 1. The number of rotatable bonds is 7. The van der Waals surface area contributed by atoms with E-state index in [2.05, 4.69) is 0 Å². The van der Waals surface area contributed by atoms with Gasteiger partial charge in [0.15, 0.2) is 5.78 Å². The maximum Gasteiger partial charge on any atom is 0.373 e. The lowest BCUT2D eigenvalue weighted by Crippen LogP contribution is -2.45. The quantitative estimate of drug-likeness (QED) is 0.444. The van der Waals surface area contributed by atoms with Crippen LogP contribution in [0.15, 0.2) is 24.3 Å². The fourth-order valence-corrected chi connectivity index (χ4v) is 3.88. The number of aliphatic carboxylic acids is 1. The number of hydrogen-bond donors (Lipinski definition) is 2. The van der Waals surface area contributed by atoms with Crippen molar-refractivity contribution < 1.29 is 33.6 Å². The maximum absolute atomic E-state index is 13.3. The summed E-state index contributed by atoms with van der Waals surface area (Å²) in [5.74, 6) is 0.0265. The average Bonchev–Trinajstić information content (AvgIpc) is 2.72.